The van der Waals surface area contributed by atoms with Gasteiger partial charge in [-0.1, -0.05) is 49.3 Å². The van der Waals surface area contributed by atoms with Gasteiger partial charge >= 0.3 is 0 Å². The molecular formula is C23H26N4O3S2. The third-order valence-corrected chi connectivity index (χ3v) is 7.66. The van der Waals surface area contributed by atoms with Crippen LogP contribution in [0.4, 0.5) is 5.82 Å². The van der Waals surface area contributed by atoms with Gasteiger partial charge in [-0.05, 0) is 43.9 Å². The first-order chi connectivity index (χ1) is 15.6. The molecule has 2 aromatic heterocycles. The number of hydrogen-bond donors (Lipinski definition) is 1. The molecule has 2 aromatic rings. The Morgan fingerprint density at radius 2 is 2.03 bits per heavy atom. The zero-order valence-corrected chi connectivity index (χ0v) is 19.4. The minimum absolute atomic E-state index is 0.100. The summed E-state index contributed by atoms with van der Waals surface area (Å²) in [6.45, 7) is 1.33. The van der Waals surface area contributed by atoms with Gasteiger partial charge < -0.3 is 10.1 Å². The van der Waals surface area contributed by atoms with Gasteiger partial charge in [0.1, 0.15) is 15.8 Å². The average Bonchev–Trinajstić information content (AvgIpc) is 3.43. The monoisotopic (exact) mass is 470 g/mol. The van der Waals surface area contributed by atoms with Crippen LogP contribution in [-0.4, -0.2) is 49.8 Å². The Morgan fingerprint density at radius 1 is 1.19 bits per heavy atom. The van der Waals surface area contributed by atoms with Crippen LogP contribution in [0, 0.1) is 0 Å². The lowest BCUT2D eigenvalue weighted by Gasteiger charge is -2.29. The van der Waals surface area contributed by atoms with Crippen LogP contribution >= 0.6 is 24.0 Å². The molecule has 0 aromatic carbocycles. The van der Waals surface area contributed by atoms with E-state index < -0.39 is 0 Å². The molecule has 2 saturated heterocycles. The van der Waals surface area contributed by atoms with Crippen molar-refractivity contribution in [3.05, 3.63) is 45.2 Å². The summed E-state index contributed by atoms with van der Waals surface area (Å²) in [5, 5.41) is 3.30. The van der Waals surface area contributed by atoms with Crippen molar-refractivity contribution < 1.29 is 9.53 Å². The van der Waals surface area contributed by atoms with Crippen LogP contribution in [-0.2, 0) is 9.53 Å². The largest absolute Gasteiger partial charge is 0.376 e. The summed E-state index contributed by atoms with van der Waals surface area (Å²) in [4.78, 5) is 33.5. The van der Waals surface area contributed by atoms with Gasteiger partial charge in [-0.3, -0.25) is 18.9 Å². The lowest BCUT2D eigenvalue weighted by atomic mass is 9.94. The van der Waals surface area contributed by atoms with Gasteiger partial charge in [0.2, 0.25) is 0 Å². The summed E-state index contributed by atoms with van der Waals surface area (Å²) in [5.41, 5.74) is 0.712. The van der Waals surface area contributed by atoms with Gasteiger partial charge in [0, 0.05) is 25.4 Å². The smallest absolute Gasteiger partial charge is 0.267 e. The summed E-state index contributed by atoms with van der Waals surface area (Å²) in [7, 11) is 0. The van der Waals surface area contributed by atoms with E-state index in [2.05, 4.69) is 10.3 Å². The van der Waals surface area contributed by atoms with E-state index in [1.807, 2.05) is 6.07 Å². The number of nitrogens with zero attached hydrogens (tertiary/aromatic N) is 3. The minimum Gasteiger partial charge on any atom is -0.376 e. The number of pyridine rings is 1. The van der Waals surface area contributed by atoms with Crippen LogP contribution in [0.2, 0.25) is 0 Å². The molecule has 168 valence electrons. The number of carbonyl (C=O) groups is 1. The molecule has 0 unspecified atom stereocenters. The third-order valence-electron chi connectivity index (χ3n) is 6.33. The van der Waals surface area contributed by atoms with Crippen molar-refractivity contribution in [2.75, 3.05) is 18.5 Å². The highest BCUT2D eigenvalue weighted by atomic mass is 32.2. The van der Waals surface area contributed by atoms with E-state index in [4.69, 9.17) is 17.0 Å². The van der Waals surface area contributed by atoms with E-state index in [-0.39, 0.29) is 23.6 Å². The van der Waals surface area contributed by atoms with E-state index in [1.165, 1.54) is 22.6 Å². The first kappa shape index (κ1) is 21.6. The Balaban J connectivity index is 1.50. The van der Waals surface area contributed by atoms with Crippen LogP contribution in [0.3, 0.4) is 0 Å². The number of fused-ring (bicyclic) bond motifs is 1. The van der Waals surface area contributed by atoms with E-state index in [0.717, 1.165) is 45.1 Å². The number of hydrogen-bond acceptors (Lipinski definition) is 7. The molecule has 3 fully saturated rings. The van der Waals surface area contributed by atoms with Crippen LogP contribution in [0.15, 0.2) is 34.1 Å². The molecule has 0 spiro atoms. The molecule has 0 bridgehead atoms. The Labute approximate surface area is 196 Å². The molecule has 1 N–H and O–H groups in total. The number of rotatable bonds is 5. The number of thioether (sulfide) groups is 1. The Bertz CT molecular complexity index is 1130. The fourth-order valence-corrected chi connectivity index (χ4v) is 6.03. The van der Waals surface area contributed by atoms with Crippen molar-refractivity contribution in [2.24, 2.45) is 0 Å². The predicted molar refractivity (Wildman–Crippen MR) is 131 cm³/mol. The number of anilines is 1. The summed E-state index contributed by atoms with van der Waals surface area (Å²) in [6, 6.07) is 5.60. The van der Waals surface area contributed by atoms with Crippen LogP contribution < -0.4 is 10.9 Å². The second-order valence-corrected chi connectivity index (χ2v) is 10.1. The highest BCUT2D eigenvalue weighted by Gasteiger charge is 2.37. The van der Waals surface area contributed by atoms with Crippen molar-refractivity contribution in [1.82, 2.24) is 14.3 Å². The lowest BCUT2D eigenvalue weighted by molar-refractivity contribution is -0.124. The number of carbonyl (C=O) groups excluding carboxylic acids is 1. The van der Waals surface area contributed by atoms with Crippen LogP contribution in [0.1, 0.15) is 50.5 Å². The second-order valence-electron chi connectivity index (χ2n) is 8.47. The quantitative estimate of drug-likeness (QED) is 0.526. The highest BCUT2D eigenvalue weighted by molar-refractivity contribution is 8.26. The molecule has 1 atom stereocenters. The molecule has 1 aliphatic carbocycles. The standard InChI is InChI=1S/C23H26N4O3S2/c28-21-17(13-18-22(29)27(23(31)32-18)15-7-2-1-3-8-15)20(24-14-16-9-6-12-30-16)25-19-10-4-5-11-26(19)21/h4-5,10-11,13,15-16,24H,1-3,6-9,12,14H2/b18-13+/t16-/m0/s1. The van der Waals surface area contributed by atoms with Crippen molar-refractivity contribution in [2.45, 2.75) is 57.1 Å². The maximum Gasteiger partial charge on any atom is 0.267 e. The SMILES string of the molecule is O=C1/C(=C\c2c(NC[C@@H]3CCCO3)nc3ccccn3c2=O)SC(=S)N1C1CCCCC1. The van der Waals surface area contributed by atoms with E-state index in [9.17, 15) is 9.59 Å². The van der Waals surface area contributed by atoms with Gasteiger partial charge in [-0.15, -0.1) is 0 Å². The topological polar surface area (TPSA) is 75.9 Å². The maximum atomic E-state index is 13.3. The zero-order chi connectivity index (χ0) is 22.1. The second kappa shape index (κ2) is 9.33. The van der Waals surface area contributed by atoms with Crippen LogP contribution in [0.5, 0.6) is 0 Å². The summed E-state index contributed by atoms with van der Waals surface area (Å²) in [5.74, 6) is 0.370. The normalized spacial score (nSPS) is 23.6. The fourth-order valence-electron chi connectivity index (χ4n) is 4.65. The van der Waals surface area contributed by atoms with Crippen molar-refractivity contribution in [3.8, 4) is 0 Å². The molecule has 0 radical (unpaired) electrons. The van der Waals surface area contributed by atoms with Gasteiger partial charge in [0.05, 0.1) is 16.6 Å². The number of aromatic nitrogens is 2. The molecule has 3 aliphatic rings. The van der Waals surface area contributed by atoms with Gasteiger partial charge in [-0.25, -0.2) is 4.98 Å². The molecule has 5 rings (SSSR count). The van der Waals surface area contributed by atoms with Crippen molar-refractivity contribution >= 4 is 51.7 Å². The van der Waals surface area contributed by atoms with Gasteiger partial charge in [-0.2, -0.15) is 0 Å². The first-order valence-electron chi connectivity index (χ1n) is 11.3. The van der Waals surface area contributed by atoms with Gasteiger partial charge in [0.25, 0.3) is 11.5 Å². The molecule has 9 heteroatoms. The van der Waals surface area contributed by atoms with Crippen molar-refractivity contribution in [1.29, 1.82) is 0 Å². The van der Waals surface area contributed by atoms with Gasteiger partial charge in [0.15, 0.2) is 0 Å². The number of ether oxygens (including phenoxy) is 1. The first-order valence-corrected chi connectivity index (χ1v) is 12.5. The molecule has 2 aliphatic heterocycles. The highest BCUT2D eigenvalue weighted by Crippen LogP contribution is 2.37. The Morgan fingerprint density at radius 3 is 2.81 bits per heavy atom. The van der Waals surface area contributed by atoms with Crippen LogP contribution in [0.25, 0.3) is 11.7 Å². The molecule has 4 heterocycles. The van der Waals surface area contributed by atoms with E-state index in [1.54, 1.807) is 29.3 Å². The maximum absolute atomic E-state index is 13.3. The van der Waals surface area contributed by atoms with E-state index >= 15 is 0 Å². The Kier molecular flexibility index (Phi) is 6.30. The minimum atomic E-state index is -0.214. The average molecular weight is 471 g/mol. The Hall–Kier alpha value is -2.23. The number of amides is 1. The molecule has 7 nitrogen and oxygen atoms in total. The number of nitrogens with one attached hydrogen (secondary N) is 1. The number of thiocarbonyl (C=S) groups is 1. The van der Waals surface area contributed by atoms with Crippen molar-refractivity contribution in [3.63, 3.8) is 0 Å². The lowest BCUT2D eigenvalue weighted by Crippen LogP contribution is -2.39. The fraction of sp³-hybridized carbons (Fsp3) is 0.478. The van der Waals surface area contributed by atoms with E-state index in [0.29, 0.717) is 32.8 Å². The molecule has 32 heavy (non-hydrogen) atoms. The molecular weight excluding hydrogens is 444 g/mol. The molecule has 1 amide bonds. The summed E-state index contributed by atoms with van der Waals surface area (Å²) in [6.07, 6.45) is 10.9. The zero-order valence-electron chi connectivity index (χ0n) is 17.8. The summed E-state index contributed by atoms with van der Waals surface area (Å²) >= 11 is 6.83. The molecule has 1 saturated carbocycles. The predicted octanol–water partition coefficient (Wildman–Crippen LogP) is 3.82. The third kappa shape index (κ3) is 4.21. The summed E-state index contributed by atoms with van der Waals surface area (Å²) < 4.78 is 7.79.